The smallest absolute Gasteiger partial charge is 3.00 e. The average molecular weight is 790 g/mol. The molecule has 0 aromatic rings. The molecule has 13 heteroatoms. The zero-order chi connectivity index (χ0) is 0. The second kappa shape index (κ2) is 230. The van der Waals surface area contributed by atoms with E-state index in [1.165, 1.54) is 0 Å². The standard InChI is InChI=1S/3Cr.3Hf.7N/q3*+3;3*+4;7*-3. The molecule has 0 aliphatic rings. The molecule has 0 heterocycles. The maximum atomic E-state index is 0. The van der Waals surface area contributed by atoms with Gasteiger partial charge in [-0.25, -0.2) is 0 Å². The SMILES string of the molecule is [Cr+3].[Cr+3].[Cr+3].[Hf+4].[Hf+4].[Hf+4].[N-3].[N-3].[N-3].[N-3].[N-3].[N-3].[N-3]. The Morgan fingerprint density at radius 3 is 0.231 bits per heavy atom. The van der Waals surface area contributed by atoms with E-state index >= 15 is 0 Å². The van der Waals surface area contributed by atoms with Gasteiger partial charge in [-0.15, -0.1) is 0 Å². The number of rotatable bonds is 0. The molecule has 7 nitrogen and oxygen atoms in total. The maximum Gasteiger partial charge on any atom is 4.00 e. The molecule has 65 valence electrons. The number of hydrogen-bond donors (Lipinski definition) is 0. The summed E-state index contributed by atoms with van der Waals surface area (Å²) in [5, 5.41) is 0. The molecule has 0 aromatic heterocycles. The summed E-state index contributed by atoms with van der Waals surface area (Å²) >= 11 is 0. The molecule has 0 rings (SSSR count). The normalized spacial score (nSPS) is 0. The van der Waals surface area contributed by atoms with Crippen LogP contribution in [0, 0.1) is 0 Å². The average Bonchev–Trinajstić information content (AvgIpc) is 0. The third-order valence-electron chi connectivity index (χ3n) is 0. The van der Waals surface area contributed by atoms with Gasteiger partial charge in [-0.05, 0) is 0 Å². The minimum absolute atomic E-state index is 0. The summed E-state index contributed by atoms with van der Waals surface area (Å²) in [7, 11) is 0. The molecule has 0 aromatic carbocycles. The molecule has 0 amide bonds. The van der Waals surface area contributed by atoms with Crippen molar-refractivity contribution in [2.24, 2.45) is 0 Å². The summed E-state index contributed by atoms with van der Waals surface area (Å²) in [5.74, 6) is 0. The Bertz CT molecular complexity index is 18.9. The fourth-order valence-electron chi connectivity index (χ4n) is 0. The predicted molar refractivity (Wildman–Crippen MR) is 23.5 cm³/mol. The van der Waals surface area contributed by atoms with Crippen LogP contribution in [0.3, 0.4) is 0 Å². The molecule has 0 unspecified atom stereocenters. The van der Waals surface area contributed by atoms with Crippen LogP contribution in [0.2, 0.25) is 0 Å². The summed E-state index contributed by atoms with van der Waals surface area (Å²) in [6, 6.07) is 0. The van der Waals surface area contributed by atoms with Gasteiger partial charge in [-0.1, -0.05) is 0 Å². The van der Waals surface area contributed by atoms with Crippen LogP contribution in [0.5, 0.6) is 0 Å². The van der Waals surface area contributed by atoms with Gasteiger partial charge in [-0.3, -0.25) is 0 Å². The first kappa shape index (κ1) is 278. The van der Waals surface area contributed by atoms with E-state index in [9.17, 15) is 0 Å². The van der Waals surface area contributed by atoms with Crippen molar-refractivity contribution in [3.05, 3.63) is 43.1 Å². The fourth-order valence-corrected chi connectivity index (χ4v) is 0. The number of nitrogens with zero attached hydrogens (tertiary/aromatic N) is 7. The topological polar surface area (TPSA) is 214 Å². The fraction of sp³-hybridized carbons (Fsp3) is 0. The molecule has 3 radical (unpaired) electrons. The van der Waals surface area contributed by atoms with Crippen molar-refractivity contribution >= 4 is 0 Å². The van der Waals surface area contributed by atoms with Gasteiger partial charge in [0, 0.05) is 0 Å². The molecule has 0 N–H and O–H groups in total. The largest absolute Gasteiger partial charge is 4.00 e. The molecule has 0 saturated carbocycles. The van der Waals surface area contributed by atoms with Crippen LogP contribution in [-0.2, 0) is 130 Å². The molecule has 0 fully saturated rings. The van der Waals surface area contributed by atoms with Crippen molar-refractivity contribution in [2.75, 3.05) is 0 Å². The van der Waals surface area contributed by atoms with Gasteiger partial charge in [0.1, 0.15) is 0 Å². The number of hydrogen-bond acceptors (Lipinski definition) is 0. The minimum Gasteiger partial charge on any atom is -3.00 e. The van der Waals surface area contributed by atoms with E-state index in [0.29, 0.717) is 0 Å². The summed E-state index contributed by atoms with van der Waals surface area (Å²) < 4.78 is 0. The molecule has 0 saturated heterocycles. The monoisotopic (exact) mass is 794 g/mol. The van der Waals surface area contributed by atoms with E-state index in [0.717, 1.165) is 0 Å². The van der Waals surface area contributed by atoms with Gasteiger partial charge >= 0.3 is 130 Å². The van der Waals surface area contributed by atoms with E-state index in [1.54, 1.807) is 0 Å². The second-order valence-electron chi connectivity index (χ2n) is 0. The molecule has 13 heavy (non-hydrogen) atoms. The zero-order valence-corrected chi connectivity index (χ0v) is 20.5. The van der Waals surface area contributed by atoms with E-state index in [4.69, 9.17) is 0 Å². The van der Waals surface area contributed by atoms with Gasteiger partial charge in [0.2, 0.25) is 0 Å². The van der Waals surface area contributed by atoms with E-state index in [1.807, 2.05) is 0 Å². The van der Waals surface area contributed by atoms with Crippen molar-refractivity contribution in [3.63, 3.8) is 0 Å². The Kier molecular flexibility index (Phi) is 4930. The quantitative estimate of drug-likeness (QED) is 0.323. The molecule has 0 atom stereocenters. The predicted octanol–water partition coefficient (Wildman–Crippen LogP) is 2.01. The van der Waals surface area contributed by atoms with Crippen LogP contribution in [0.15, 0.2) is 0 Å². The first-order valence-electron chi connectivity index (χ1n) is 0. The molecular weight excluding hydrogens is 790 g/mol. The van der Waals surface area contributed by atoms with E-state index in [2.05, 4.69) is 0 Å². The Hall–Kier alpha value is 3.93. The van der Waals surface area contributed by atoms with Crippen molar-refractivity contribution in [3.8, 4) is 0 Å². The molecule has 0 bridgehead atoms. The third-order valence-corrected chi connectivity index (χ3v) is 0. The van der Waals surface area contributed by atoms with Crippen molar-refractivity contribution in [1.29, 1.82) is 0 Å². The van der Waals surface area contributed by atoms with Crippen LogP contribution >= 0.6 is 0 Å². The van der Waals surface area contributed by atoms with Crippen LogP contribution in [0.25, 0.3) is 43.1 Å². The van der Waals surface area contributed by atoms with Crippen molar-refractivity contribution in [2.45, 2.75) is 0 Å². The van der Waals surface area contributed by atoms with Gasteiger partial charge in [0.05, 0.1) is 0 Å². The first-order valence-corrected chi connectivity index (χ1v) is 0. The Morgan fingerprint density at radius 2 is 0.231 bits per heavy atom. The molecule has 0 aliphatic heterocycles. The van der Waals surface area contributed by atoms with E-state index in [-0.39, 0.29) is 173 Å². The van der Waals surface area contributed by atoms with Gasteiger partial charge in [0.15, 0.2) is 0 Å². The molecular formula is Cr3Hf3N7. The Balaban J connectivity index is 0. The zero-order valence-electron chi connectivity index (χ0n) is 5.86. The van der Waals surface area contributed by atoms with Gasteiger partial charge < -0.3 is 43.1 Å². The molecule has 0 spiro atoms. The van der Waals surface area contributed by atoms with E-state index < -0.39 is 0 Å². The summed E-state index contributed by atoms with van der Waals surface area (Å²) in [6.45, 7) is 0. The van der Waals surface area contributed by atoms with Gasteiger partial charge in [0.25, 0.3) is 0 Å². The van der Waals surface area contributed by atoms with Crippen LogP contribution in [0.4, 0.5) is 0 Å². The summed E-state index contributed by atoms with van der Waals surface area (Å²) in [4.78, 5) is 0. The van der Waals surface area contributed by atoms with Gasteiger partial charge in [-0.2, -0.15) is 0 Å². The molecule has 0 aliphatic carbocycles. The Labute approximate surface area is 170 Å². The van der Waals surface area contributed by atoms with Crippen molar-refractivity contribution in [1.82, 2.24) is 0 Å². The third kappa shape index (κ3) is 200. The Morgan fingerprint density at radius 1 is 0.231 bits per heavy atom. The maximum absolute atomic E-state index is 0. The van der Waals surface area contributed by atoms with Crippen molar-refractivity contribution < 1.29 is 130 Å². The van der Waals surface area contributed by atoms with Crippen LogP contribution in [0.1, 0.15) is 0 Å². The van der Waals surface area contributed by atoms with Crippen LogP contribution < -0.4 is 0 Å². The minimum atomic E-state index is 0. The first-order chi connectivity index (χ1) is 0. The summed E-state index contributed by atoms with van der Waals surface area (Å²) in [5.41, 5.74) is 0. The second-order valence-corrected chi connectivity index (χ2v) is 0. The van der Waals surface area contributed by atoms with Crippen LogP contribution in [-0.4, -0.2) is 0 Å². The summed E-state index contributed by atoms with van der Waals surface area (Å²) in [6.07, 6.45) is 0.